The van der Waals surface area contributed by atoms with Crippen molar-refractivity contribution in [3.63, 3.8) is 0 Å². The summed E-state index contributed by atoms with van der Waals surface area (Å²) >= 11 is 1.43. The van der Waals surface area contributed by atoms with Crippen LogP contribution in [0.2, 0.25) is 0 Å². The molecule has 0 amide bonds. The number of rotatable bonds is 6. The topological polar surface area (TPSA) is 29.6 Å². The van der Waals surface area contributed by atoms with Gasteiger partial charge in [0.15, 0.2) is 5.12 Å². The van der Waals surface area contributed by atoms with E-state index in [0.29, 0.717) is 6.10 Å². The molecule has 1 rings (SSSR count). The molecule has 1 saturated heterocycles. The number of hydrogen-bond donors (Lipinski definition) is 0. The number of allylic oxidation sites excluding steroid dienone is 1. The first-order valence-corrected chi connectivity index (χ1v) is 6.59. The molecule has 0 saturated carbocycles. The zero-order chi connectivity index (χ0) is 12.4. The highest BCUT2D eigenvalue weighted by Crippen LogP contribution is 2.42. The lowest BCUT2D eigenvalue weighted by Gasteiger charge is -2.26. The lowest BCUT2D eigenvalue weighted by atomic mass is 9.96. The maximum atomic E-state index is 11.2. The Bertz CT molecular complexity index is 286. The van der Waals surface area contributed by atoms with Crippen molar-refractivity contribution in [1.29, 1.82) is 0 Å². The van der Waals surface area contributed by atoms with E-state index in [1.807, 2.05) is 6.08 Å². The molecule has 2 unspecified atom stereocenters. The van der Waals surface area contributed by atoms with Crippen LogP contribution in [0.4, 0.5) is 0 Å². The molecule has 2 nitrogen and oxygen atoms in total. The second kappa shape index (κ2) is 4.92. The van der Waals surface area contributed by atoms with Crippen molar-refractivity contribution >= 4 is 16.9 Å². The molecule has 16 heavy (non-hydrogen) atoms. The summed E-state index contributed by atoms with van der Waals surface area (Å²) in [6, 6.07) is 0. The van der Waals surface area contributed by atoms with Crippen LogP contribution >= 0.6 is 11.8 Å². The van der Waals surface area contributed by atoms with Crippen LogP contribution < -0.4 is 0 Å². The van der Waals surface area contributed by atoms with Crippen LogP contribution in [-0.2, 0) is 9.53 Å². The zero-order valence-electron chi connectivity index (χ0n) is 10.7. The molecule has 92 valence electrons. The SMILES string of the molecule is C=CCC(C)(CCC1OC1(C)C)SC(C)=O. The monoisotopic (exact) mass is 242 g/mol. The van der Waals surface area contributed by atoms with Crippen LogP contribution in [0.15, 0.2) is 12.7 Å². The van der Waals surface area contributed by atoms with Gasteiger partial charge in [-0.1, -0.05) is 17.8 Å². The summed E-state index contributed by atoms with van der Waals surface area (Å²) < 4.78 is 5.54. The van der Waals surface area contributed by atoms with Gasteiger partial charge in [-0.05, 0) is 40.0 Å². The number of ether oxygens (including phenoxy) is 1. The van der Waals surface area contributed by atoms with Crippen molar-refractivity contribution in [3.05, 3.63) is 12.7 Å². The van der Waals surface area contributed by atoms with Crippen molar-refractivity contribution in [3.8, 4) is 0 Å². The molecule has 2 atom stereocenters. The molecule has 1 aliphatic rings. The van der Waals surface area contributed by atoms with E-state index in [1.54, 1.807) is 6.92 Å². The van der Waals surface area contributed by atoms with Gasteiger partial charge < -0.3 is 4.74 Å². The third-order valence-electron chi connectivity index (χ3n) is 3.07. The van der Waals surface area contributed by atoms with Gasteiger partial charge >= 0.3 is 0 Å². The normalized spacial score (nSPS) is 25.9. The van der Waals surface area contributed by atoms with E-state index in [-0.39, 0.29) is 15.5 Å². The highest BCUT2D eigenvalue weighted by Gasteiger charge is 2.47. The fraction of sp³-hybridized carbons (Fsp3) is 0.769. The summed E-state index contributed by atoms with van der Waals surface area (Å²) in [6.45, 7) is 11.8. The maximum absolute atomic E-state index is 11.2. The third-order valence-corrected chi connectivity index (χ3v) is 4.22. The largest absolute Gasteiger partial charge is 0.367 e. The molecule has 1 fully saturated rings. The van der Waals surface area contributed by atoms with Crippen molar-refractivity contribution in [2.45, 2.75) is 63.4 Å². The Morgan fingerprint density at radius 1 is 1.62 bits per heavy atom. The molecule has 0 aliphatic carbocycles. The Morgan fingerprint density at radius 2 is 2.19 bits per heavy atom. The number of epoxide rings is 1. The smallest absolute Gasteiger partial charge is 0.186 e. The van der Waals surface area contributed by atoms with Crippen LogP contribution in [0.25, 0.3) is 0 Å². The third kappa shape index (κ3) is 3.95. The van der Waals surface area contributed by atoms with E-state index >= 15 is 0 Å². The predicted molar refractivity (Wildman–Crippen MR) is 69.7 cm³/mol. The minimum atomic E-state index is -0.0182. The predicted octanol–water partition coefficient (Wildman–Crippen LogP) is 3.56. The van der Waals surface area contributed by atoms with E-state index in [9.17, 15) is 4.79 Å². The van der Waals surface area contributed by atoms with Crippen LogP contribution in [-0.4, -0.2) is 21.6 Å². The minimum absolute atomic E-state index is 0.0182. The Labute approximate surface area is 103 Å². The average molecular weight is 242 g/mol. The summed E-state index contributed by atoms with van der Waals surface area (Å²) in [7, 11) is 0. The second-order valence-electron chi connectivity index (χ2n) is 5.28. The van der Waals surface area contributed by atoms with Crippen LogP contribution in [0.3, 0.4) is 0 Å². The van der Waals surface area contributed by atoms with Crippen LogP contribution in [0.1, 0.15) is 47.0 Å². The van der Waals surface area contributed by atoms with Crippen molar-refractivity contribution in [2.24, 2.45) is 0 Å². The number of carbonyl (C=O) groups is 1. The van der Waals surface area contributed by atoms with E-state index in [1.165, 1.54) is 11.8 Å². The van der Waals surface area contributed by atoms with Crippen LogP contribution in [0, 0.1) is 0 Å². The molecule has 0 bridgehead atoms. The molecular weight excluding hydrogens is 220 g/mol. The highest BCUT2D eigenvalue weighted by atomic mass is 32.2. The summed E-state index contributed by atoms with van der Waals surface area (Å²) in [6.07, 6.45) is 5.15. The number of carbonyl (C=O) groups excluding carboxylic acids is 1. The molecule has 3 heteroatoms. The quantitative estimate of drug-likeness (QED) is 0.527. The van der Waals surface area contributed by atoms with Gasteiger partial charge in [0.25, 0.3) is 0 Å². The Morgan fingerprint density at radius 3 is 2.56 bits per heavy atom. The van der Waals surface area contributed by atoms with Gasteiger partial charge in [0.1, 0.15) is 0 Å². The first kappa shape index (κ1) is 13.8. The lowest BCUT2D eigenvalue weighted by Crippen LogP contribution is -2.22. The average Bonchev–Trinajstić information content (AvgIpc) is 2.70. The summed E-state index contributed by atoms with van der Waals surface area (Å²) in [5, 5.41) is 0.181. The summed E-state index contributed by atoms with van der Waals surface area (Å²) in [5.41, 5.74) is 0.0516. The Balaban J connectivity index is 2.44. The highest BCUT2D eigenvalue weighted by molar-refractivity contribution is 8.14. The van der Waals surface area contributed by atoms with E-state index in [2.05, 4.69) is 27.4 Å². The van der Waals surface area contributed by atoms with Gasteiger partial charge in [0.2, 0.25) is 0 Å². The lowest BCUT2D eigenvalue weighted by molar-refractivity contribution is -0.109. The number of thioether (sulfide) groups is 1. The van der Waals surface area contributed by atoms with Gasteiger partial charge in [0, 0.05) is 11.7 Å². The van der Waals surface area contributed by atoms with Crippen LogP contribution in [0.5, 0.6) is 0 Å². The molecule has 0 aromatic carbocycles. The van der Waals surface area contributed by atoms with E-state index in [4.69, 9.17) is 4.74 Å². The van der Waals surface area contributed by atoms with Gasteiger partial charge in [-0.25, -0.2) is 0 Å². The molecule has 1 aliphatic heterocycles. The van der Waals surface area contributed by atoms with Crippen molar-refractivity contribution in [2.75, 3.05) is 0 Å². The van der Waals surface area contributed by atoms with Gasteiger partial charge in [-0.15, -0.1) is 6.58 Å². The van der Waals surface area contributed by atoms with E-state index < -0.39 is 0 Å². The summed E-state index contributed by atoms with van der Waals surface area (Å²) in [5.74, 6) is 0. The standard InChI is InChI=1S/C13H22O2S/c1-6-8-13(5,16-10(2)14)9-7-11-12(3,4)15-11/h6,11H,1,7-9H2,2-5H3. The molecule has 0 radical (unpaired) electrons. The first-order valence-electron chi connectivity index (χ1n) is 5.77. The molecule has 0 N–H and O–H groups in total. The van der Waals surface area contributed by atoms with E-state index in [0.717, 1.165) is 19.3 Å². The molecule has 1 heterocycles. The molecule has 0 spiro atoms. The first-order chi connectivity index (χ1) is 7.29. The molecule has 0 aromatic heterocycles. The van der Waals surface area contributed by atoms with Gasteiger partial charge in [-0.2, -0.15) is 0 Å². The van der Waals surface area contributed by atoms with Gasteiger partial charge in [-0.3, -0.25) is 4.79 Å². The number of hydrogen-bond acceptors (Lipinski definition) is 3. The molecule has 0 aromatic rings. The summed E-state index contributed by atoms with van der Waals surface area (Å²) in [4.78, 5) is 11.2. The fourth-order valence-electron chi connectivity index (χ4n) is 2.02. The Kier molecular flexibility index (Phi) is 4.24. The van der Waals surface area contributed by atoms with Crippen molar-refractivity contribution in [1.82, 2.24) is 0 Å². The zero-order valence-corrected chi connectivity index (χ0v) is 11.5. The van der Waals surface area contributed by atoms with Gasteiger partial charge in [0.05, 0.1) is 11.7 Å². The second-order valence-corrected chi connectivity index (χ2v) is 7.05. The Hall–Kier alpha value is -0.280. The molecular formula is C13H22O2S. The fourth-order valence-corrected chi connectivity index (χ4v) is 3.14. The maximum Gasteiger partial charge on any atom is 0.186 e. The van der Waals surface area contributed by atoms with Crippen molar-refractivity contribution < 1.29 is 9.53 Å². The minimum Gasteiger partial charge on any atom is -0.367 e.